The van der Waals surface area contributed by atoms with Crippen molar-refractivity contribution in [1.82, 2.24) is 24.8 Å². The third-order valence-electron chi connectivity index (χ3n) is 6.97. The number of nitrogens with two attached hydrogens (primary N) is 1. The lowest BCUT2D eigenvalue weighted by molar-refractivity contribution is -0.156. The summed E-state index contributed by atoms with van der Waals surface area (Å²) < 4.78 is 30.8. The van der Waals surface area contributed by atoms with E-state index in [4.69, 9.17) is 5.73 Å². The van der Waals surface area contributed by atoms with Gasteiger partial charge in [-0.1, -0.05) is 25.5 Å². The minimum atomic E-state index is -1.16. The van der Waals surface area contributed by atoms with Gasteiger partial charge in [0.2, 0.25) is 11.9 Å². The van der Waals surface area contributed by atoms with Crippen LogP contribution in [0.1, 0.15) is 42.5 Å². The zero-order valence-corrected chi connectivity index (χ0v) is 22.2. The van der Waals surface area contributed by atoms with Crippen molar-refractivity contribution in [3.8, 4) is 0 Å². The zero-order valence-electron chi connectivity index (χ0n) is 22.2. The number of likely N-dealkylation sites (N-methyl/N-ethyl adjacent to an activating group) is 1. The summed E-state index contributed by atoms with van der Waals surface area (Å²) >= 11 is 0. The number of rotatable bonds is 8. The van der Waals surface area contributed by atoms with Crippen LogP contribution in [-0.4, -0.2) is 50.4 Å². The van der Waals surface area contributed by atoms with Crippen molar-refractivity contribution in [3.63, 3.8) is 0 Å². The first kappa shape index (κ1) is 27.7. The van der Waals surface area contributed by atoms with Crippen molar-refractivity contribution in [1.29, 1.82) is 0 Å². The second-order valence-corrected chi connectivity index (χ2v) is 9.68. The number of hydrogen-bond acceptors (Lipinski definition) is 6. The number of amides is 4. The monoisotopic (exact) mass is 539 g/mol. The van der Waals surface area contributed by atoms with E-state index in [1.165, 1.54) is 43.4 Å². The number of imidazole rings is 1. The van der Waals surface area contributed by atoms with Crippen LogP contribution in [0.5, 0.6) is 0 Å². The molecule has 4 rings (SSSR count). The Bertz CT molecular complexity index is 1410. The van der Waals surface area contributed by atoms with E-state index in [9.17, 15) is 23.2 Å². The molecule has 1 aliphatic rings. The molecule has 1 fully saturated rings. The van der Waals surface area contributed by atoms with Crippen LogP contribution in [0, 0.1) is 24.5 Å². The number of benzene rings is 1. The molecule has 3 atom stereocenters. The van der Waals surface area contributed by atoms with Gasteiger partial charge in [0.1, 0.15) is 11.9 Å². The molecule has 12 heteroatoms. The van der Waals surface area contributed by atoms with E-state index in [1.54, 1.807) is 29.9 Å². The summed E-state index contributed by atoms with van der Waals surface area (Å²) in [4.78, 5) is 50.7. The maximum absolute atomic E-state index is 14.8. The number of aryl methyl sites for hydroxylation is 2. The maximum Gasteiger partial charge on any atom is 0.325 e. The molecule has 0 saturated carbocycles. The van der Waals surface area contributed by atoms with Crippen molar-refractivity contribution in [2.45, 2.75) is 45.2 Å². The Morgan fingerprint density at radius 2 is 1.92 bits per heavy atom. The largest absolute Gasteiger partial charge is 0.384 e. The third-order valence-corrected chi connectivity index (χ3v) is 6.97. The average molecular weight is 540 g/mol. The number of hydrogen-bond donors (Lipinski definition) is 2. The Kier molecular flexibility index (Phi) is 7.93. The minimum absolute atomic E-state index is 0.0295. The lowest BCUT2D eigenvalue weighted by Gasteiger charge is -2.45. The summed E-state index contributed by atoms with van der Waals surface area (Å²) in [5, 5.41) is 2.66. The average Bonchev–Trinajstić information content (AvgIpc) is 3.33. The molecule has 0 spiro atoms. The van der Waals surface area contributed by atoms with Gasteiger partial charge in [0.15, 0.2) is 11.6 Å². The van der Waals surface area contributed by atoms with Crippen LogP contribution in [0.3, 0.4) is 0 Å². The van der Waals surface area contributed by atoms with Crippen LogP contribution in [-0.2, 0) is 23.1 Å². The number of nitrogens with one attached hydrogen (secondary N) is 1. The predicted octanol–water partition coefficient (Wildman–Crippen LogP) is 3.27. The number of halogens is 2. The van der Waals surface area contributed by atoms with Crippen LogP contribution in [0.2, 0.25) is 0 Å². The summed E-state index contributed by atoms with van der Waals surface area (Å²) in [5.74, 6) is -3.41. The van der Waals surface area contributed by atoms with E-state index in [2.05, 4.69) is 15.3 Å². The molecule has 0 aliphatic carbocycles. The first-order chi connectivity index (χ1) is 18.5. The fourth-order valence-corrected chi connectivity index (χ4v) is 4.85. The highest BCUT2D eigenvalue weighted by Crippen LogP contribution is 2.34. The second-order valence-electron chi connectivity index (χ2n) is 9.68. The van der Waals surface area contributed by atoms with Crippen LogP contribution in [0.25, 0.3) is 0 Å². The maximum atomic E-state index is 14.8. The molecule has 3 heterocycles. The number of carbonyl (C=O) groups is 3. The molecular weight excluding hydrogens is 508 g/mol. The topological polar surface area (TPSA) is 126 Å². The van der Waals surface area contributed by atoms with Crippen LogP contribution in [0.15, 0.2) is 42.9 Å². The Labute approximate surface area is 224 Å². The van der Waals surface area contributed by atoms with Crippen molar-refractivity contribution >= 4 is 29.6 Å². The van der Waals surface area contributed by atoms with Crippen molar-refractivity contribution in [2.75, 3.05) is 17.7 Å². The molecule has 10 nitrogen and oxygen atoms in total. The number of anilines is 2. The molecule has 206 valence electrons. The van der Waals surface area contributed by atoms with E-state index in [0.29, 0.717) is 24.4 Å². The molecule has 2 aromatic heterocycles. The van der Waals surface area contributed by atoms with Crippen LogP contribution in [0.4, 0.5) is 25.3 Å². The molecule has 0 bridgehead atoms. The fraction of sp³-hybridized carbons (Fsp3) is 0.370. The highest BCUT2D eigenvalue weighted by atomic mass is 19.2. The molecule has 3 N–H and O–H groups in total. The summed E-state index contributed by atoms with van der Waals surface area (Å²) in [7, 11) is 3.22. The number of nitrogen functional groups attached to an aromatic ring is 1. The molecule has 39 heavy (non-hydrogen) atoms. The van der Waals surface area contributed by atoms with Gasteiger partial charge in [-0.05, 0) is 43.0 Å². The molecule has 1 saturated heterocycles. The summed E-state index contributed by atoms with van der Waals surface area (Å²) in [6, 6.07) is 3.20. The van der Waals surface area contributed by atoms with Gasteiger partial charge < -0.3 is 15.6 Å². The molecule has 4 amide bonds. The number of carbonyl (C=O) groups excluding carboxylic acids is 3. The van der Waals surface area contributed by atoms with E-state index in [1.807, 2.05) is 6.92 Å². The zero-order chi connectivity index (χ0) is 28.4. The minimum Gasteiger partial charge on any atom is -0.384 e. The first-order valence-electron chi connectivity index (χ1n) is 12.6. The smallest absolute Gasteiger partial charge is 0.325 e. The SMILES string of the molecule is CCC[C@@H](NC(=O)N1C(=O)[C@H](Cc2ccnc(N)c2)[C@H]1C(=O)N(C)c1nccn1C)c1ccc(C)c(F)c1F. The van der Waals surface area contributed by atoms with E-state index in [-0.39, 0.29) is 23.4 Å². The van der Waals surface area contributed by atoms with Crippen LogP contribution < -0.4 is 16.0 Å². The number of nitrogens with zero attached hydrogens (tertiary/aromatic N) is 5. The van der Waals surface area contributed by atoms with E-state index in [0.717, 1.165) is 4.90 Å². The molecular formula is C27H31F2N7O3. The summed E-state index contributed by atoms with van der Waals surface area (Å²) in [6.45, 7) is 3.28. The highest BCUT2D eigenvalue weighted by Gasteiger charge is 2.55. The van der Waals surface area contributed by atoms with Gasteiger partial charge in [-0.3, -0.25) is 19.4 Å². The summed E-state index contributed by atoms with van der Waals surface area (Å²) in [6.07, 6.45) is 5.67. The van der Waals surface area contributed by atoms with E-state index < -0.39 is 47.5 Å². The lowest BCUT2D eigenvalue weighted by Crippen LogP contribution is -2.70. The Balaban J connectivity index is 1.64. The molecule has 0 radical (unpaired) electrons. The second kappa shape index (κ2) is 11.2. The predicted molar refractivity (Wildman–Crippen MR) is 140 cm³/mol. The van der Waals surface area contributed by atoms with Gasteiger partial charge in [0.05, 0.1) is 12.0 Å². The third kappa shape index (κ3) is 5.31. The number of urea groups is 1. The molecule has 0 unspecified atom stereocenters. The Morgan fingerprint density at radius 1 is 1.18 bits per heavy atom. The molecule has 3 aromatic rings. The summed E-state index contributed by atoms with van der Waals surface area (Å²) in [5.41, 5.74) is 6.57. The van der Waals surface area contributed by atoms with Gasteiger partial charge in [0, 0.05) is 38.2 Å². The lowest BCUT2D eigenvalue weighted by atomic mass is 9.81. The first-order valence-corrected chi connectivity index (χ1v) is 12.6. The normalized spacial score (nSPS) is 17.5. The number of imide groups is 1. The van der Waals surface area contributed by atoms with Gasteiger partial charge in [-0.15, -0.1) is 0 Å². The Hall–Kier alpha value is -4.35. The number of aromatic nitrogens is 3. The standard InChI is InChI=1S/C27H31F2N7O3/c1-5-6-19(17-8-7-15(2)21(28)22(17)29)33-27(39)36-23(25(38)35(4)26-32-11-12-34(26)3)18(24(36)37)13-16-9-10-31-20(30)14-16/h7-12,14,18-19,23H,5-6,13H2,1-4H3,(H2,30,31)(H,33,39)/t18-,19-,23+/m1/s1. The quantitative estimate of drug-likeness (QED) is 0.423. The fourth-order valence-electron chi connectivity index (χ4n) is 4.85. The number of likely N-dealkylation sites (tertiary alicyclic amines) is 1. The van der Waals surface area contributed by atoms with Gasteiger partial charge >= 0.3 is 6.03 Å². The van der Waals surface area contributed by atoms with Gasteiger partial charge in [0.25, 0.3) is 5.91 Å². The van der Waals surface area contributed by atoms with Crippen molar-refractivity contribution < 1.29 is 23.2 Å². The van der Waals surface area contributed by atoms with Gasteiger partial charge in [-0.2, -0.15) is 0 Å². The highest BCUT2D eigenvalue weighted by molar-refractivity contribution is 6.12. The Morgan fingerprint density at radius 3 is 2.56 bits per heavy atom. The number of β-lactam (4-membered cyclic amide) rings is 1. The molecule has 1 aliphatic heterocycles. The van der Waals surface area contributed by atoms with E-state index >= 15 is 0 Å². The van der Waals surface area contributed by atoms with Gasteiger partial charge in [-0.25, -0.2) is 23.5 Å². The molecule has 1 aromatic carbocycles. The van der Waals surface area contributed by atoms with Crippen molar-refractivity contribution in [2.24, 2.45) is 13.0 Å². The number of pyridine rings is 1. The van der Waals surface area contributed by atoms with Crippen LogP contribution >= 0.6 is 0 Å². The van der Waals surface area contributed by atoms with Crippen molar-refractivity contribution in [3.05, 3.63) is 71.2 Å².